The number of phenolic OH excluding ortho intramolecular Hbond substituents is 2. The summed E-state index contributed by atoms with van der Waals surface area (Å²) in [7, 11) is 0. The van der Waals surface area contributed by atoms with Crippen LogP contribution in [-0.2, 0) is 50.0 Å². The summed E-state index contributed by atoms with van der Waals surface area (Å²) < 4.78 is 0. The standard InChI is InChI=1S/C34H44N2O2.2C2H4O2.Co/c1-9-13-23-17-25(31(37)27(19-23)33(3,4)5)21-35-29-15-11-12-16-30(29)36-22-26-18-24(14-10-2)20-28(32(26)38)34(6,7)8;2*1-2(3)4;/h11-12,15-22,37-38H,9-10,13-14H2,1-8H3;2*1H3,(H,3,4);/q;;;+2/p-2. The molecule has 0 bridgehead atoms. The fraction of sp³-hybridized carbons (Fsp3) is 0.421. The van der Waals surface area contributed by atoms with Crippen molar-refractivity contribution < 1.29 is 46.8 Å². The first-order chi connectivity index (χ1) is 21.3. The monoisotopic (exact) mass is 689 g/mol. The molecule has 9 heteroatoms. The number of para-hydroxylation sites is 2. The predicted octanol–water partition coefficient (Wildman–Crippen LogP) is 6.61. The molecule has 0 heterocycles. The summed E-state index contributed by atoms with van der Waals surface area (Å²) in [5.74, 6) is -1.62. The number of carbonyl (C=O) groups is 2. The van der Waals surface area contributed by atoms with E-state index in [1.54, 1.807) is 12.4 Å². The van der Waals surface area contributed by atoms with Crippen LogP contribution in [-0.4, -0.2) is 34.6 Å². The fourth-order valence-electron chi connectivity index (χ4n) is 4.60. The molecule has 2 N–H and O–H groups in total. The first-order valence-electron chi connectivity index (χ1n) is 15.6. The van der Waals surface area contributed by atoms with Crippen molar-refractivity contribution in [2.75, 3.05) is 0 Å². The normalized spacial score (nSPS) is 11.3. The summed E-state index contributed by atoms with van der Waals surface area (Å²) in [6, 6.07) is 15.9. The number of carbonyl (C=O) groups excluding carboxylic acids is 2. The molecule has 0 aliphatic rings. The van der Waals surface area contributed by atoms with Crippen LogP contribution in [0.25, 0.3) is 0 Å². The molecule has 0 aliphatic heterocycles. The molecule has 3 aromatic carbocycles. The van der Waals surface area contributed by atoms with Gasteiger partial charge in [-0.15, -0.1) is 0 Å². The molecular weight excluding hydrogens is 639 g/mol. The maximum Gasteiger partial charge on any atom is 2.00 e. The Kier molecular flexibility index (Phi) is 18.0. The first-order valence-corrected chi connectivity index (χ1v) is 15.6. The molecule has 1 radical (unpaired) electrons. The largest absolute Gasteiger partial charge is 2.00 e. The zero-order chi connectivity index (χ0) is 35.2. The van der Waals surface area contributed by atoms with Crippen molar-refractivity contribution in [3.8, 4) is 11.5 Å². The van der Waals surface area contributed by atoms with Crippen LogP contribution in [0, 0.1) is 0 Å². The van der Waals surface area contributed by atoms with Gasteiger partial charge in [0.05, 0.1) is 11.4 Å². The van der Waals surface area contributed by atoms with Gasteiger partial charge in [0.15, 0.2) is 0 Å². The minimum Gasteiger partial charge on any atom is -0.550 e. The van der Waals surface area contributed by atoms with Crippen LogP contribution < -0.4 is 10.2 Å². The Morgan fingerprint density at radius 3 is 1.23 bits per heavy atom. The molecule has 0 aliphatic carbocycles. The molecule has 0 atom stereocenters. The molecule has 257 valence electrons. The maximum atomic E-state index is 11.1. The number of aliphatic carboxylic acids is 2. The van der Waals surface area contributed by atoms with Crippen molar-refractivity contribution in [3.05, 3.63) is 81.9 Å². The summed E-state index contributed by atoms with van der Waals surface area (Å²) in [4.78, 5) is 27.3. The van der Waals surface area contributed by atoms with Crippen LogP contribution in [0.3, 0.4) is 0 Å². The zero-order valence-electron chi connectivity index (χ0n) is 29.4. The van der Waals surface area contributed by atoms with E-state index in [9.17, 15) is 10.2 Å². The molecule has 0 unspecified atom stereocenters. The van der Waals surface area contributed by atoms with Gasteiger partial charge in [0.25, 0.3) is 0 Å². The summed E-state index contributed by atoms with van der Waals surface area (Å²) in [6.07, 6.45) is 7.42. The fourth-order valence-corrected chi connectivity index (χ4v) is 4.60. The van der Waals surface area contributed by atoms with Gasteiger partial charge in [0.2, 0.25) is 0 Å². The number of benzene rings is 3. The van der Waals surface area contributed by atoms with Gasteiger partial charge in [0.1, 0.15) is 11.5 Å². The molecular formula is C38H50CoN2O6. The second kappa shape index (κ2) is 19.6. The number of aryl methyl sites for hydroxylation is 2. The Hall–Kier alpha value is -3.95. The van der Waals surface area contributed by atoms with Crippen molar-refractivity contribution >= 4 is 35.7 Å². The van der Waals surface area contributed by atoms with Gasteiger partial charge >= 0.3 is 16.8 Å². The van der Waals surface area contributed by atoms with E-state index in [2.05, 4.69) is 67.5 Å². The van der Waals surface area contributed by atoms with Crippen LogP contribution in [0.5, 0.6) is 11.5 Å². The van der Waals surface area contributed by atoms with Crippen LogP contribution >= 0.6 is 0 Å². The van der Waals surface area contributed by atoms with Gasteiger partial charge in [0, 0.05) is 46.6 Å². The summed E-state index contributed by atoms with van der Waals surface area (Å²) in [5, 5.41) is 39.9. The number of hydrogen-bond acceptors (Lipinski definition) is 8. The average molecular weight is 690 g/mol. The van der Waals surface area contributed by atoms with Crippen molar-refractivity contribution in [2.45, 2.75) is 106 Å². The van der Waals surface area contributed by atoms with Gasteiger partial charge in [-0.1, -0.05) is 92.5 Å². The van der Waals surface area contributed by atoms with E-state index in [0.717, 1.165) is 50.7 Å². The smallest absolute Gasteiger partial charge is 0.550 e. The van der Waals surface area contributed by atoms with Crippen LogP contribution in [0.1, 0.15) is 115 Å². The predicted molar refractivity (Wildman–Crippen MR) is 184 cm³/mol. The molecule has 0 spiro atoms. The topological polar surface area (TPSA) is 145 Å². The van der Waals surface area contributed by atoms with Gasteiger partial charge in [-0.2, -0.15) is 0 Å². The maximum absolute atomic E-state index is 11.1. The third-order valence-electron chi connectivity index (χ3n) is 6.66. The molecule has 0 fully saturated rings. The SMILES string of the molecule is CC(=O)[O-].CC(=O)[O-].CCCc1cc(C=Nc2ccccc2N=Cc2cc(CCC)cc(C(C)(C)C)c2O)c(O)c(C(C)(C)C)c1.[Co+2]. The van der Waals surface area contributed by atoms with Crippen molar-refractivity contribution in [1.29, 1.82) is 0 Å². The minimum atomic E-state index is -1.08. The Morgan fingerprint density at radius 2 is 0.979 bits per heavy atom. The van der Waals surface area contributed by atoms with E-state index >= 15 is 0 Å². The quantitative estimate of drug-likeness (QED) is 0.255. The number of aromatic hydroxyl groups is 2. The molecule has 0 saturated heterocycles. The Bertz CT molecular complexity index is 1410. The number of phenols is 2. The number of rotatable bonds is 8. The summed E-state index contributed by atoms with van der Waals surface area (Å²) in [5.41, 5.74) is 6.68. The number of hydrogen-bond donors (Lipinski definition) is 2. The minimum absolute atomic E-state index is 0. The van der Waals surface area contributed by atoms with Gasteiger partial charge in [-0.25, -0.2) is 0 Å². The Labute approximate surface area is 290 Å². The van der Waals surface area contributed by atoms with E-state index in [4.69, 9.17) is 29.8 Å². The molecule has 47 heavy (non-hydrogen) atoms. The molecule has 0 aromatic heterocycles. The van der Waals surface area contributed by atoms with Crippen molar-refractivity contribution in [1.82, 2.24) is 0 Å². The van der Waals surface area contributed by atoms with E-state index in [0.29, 0.717) is 22.5 Å². The number of carboxylic acid groups (broad SMARTS) is 2. The third-order valence-corrected chi connectivity index (χ3v) is 6.66. The molecule has 3 rings (SSSR count). The molecule has 0 saturated carbocycles. The van der Waals surface area contributed by atoms with Crippen molar-refractivity contribution in [2.24, 2.45) is 9.98 Å². The first kappa shape index (κ1) is 43.0. The average Bonchev–Trinajstić information content (AvgIpc) is 2.92. The number of nitrogens with zero attached hydrogens (tertiary/aromatic N) is 2. The van der Waals surface area contributed by atoms with Crippen LogP contribution in [0.4, 0.5) is 11.4 Å². The van der Waals surface area contributed by atoms with Crippen molar-refractivity contribution in [3.63, 3.8) is 0 Å². The van der Waals surface area contributed by atoms with E-state index < -0.39 is 11.9 Å². The Morgan fingerprint density at radius 1 is 0.681 bits per heavy atom. The van der Waals surface area contributed by atoms with E-state index in [-0.39, 0.29) is 39.1 Å². The molecule has 3 aromatic rings. The number of carboxylic acids is 2. The van der Waals surface area contributed by atoms with Crippen LogP contribution in [0.15, 0.2) is 58.5 Å². The van der Waals surface area contributed by atoms with Crippen LogP contribution in [0.2, 0.25) is 0 Å². The zero-order valence-corrected chi connectivity index (χ0v) is 30.4. The summed E-state index contributed by atoms with van der Waals surface area (Å²) >= 11 is 0. The Balaban J connectivity index is 0.00000211. The third kappa shape index (κ3) is 15.0. The molecule has 8 nitrogen and oxygen atoms in total. The van der Waals surface area contributed by atoms with E-state index in [1.807, 2.05) is 36.4 Å². The van der Waals surface area contributed by atoms with Gasteiger partial charge in [-0.3, -0.25) is 9.98 Å². The number of aliphatic imine (C=N–C) groups is 2. The van der Waals surface area contributed by atoms with Gasteiger partial charge in [-0.05, 0) is 72.9 Å². The van der Waals surface area contributed by atoms with E-state index in [1.165, 1.54) is 11.1 Å². The second-order valence-electron chi connectivity index (χ2n) is 13.2. The second-order valence-corrected chi connectivity index (χ2v) is 13.2. The summed E-state index contributed by atoms with van der Waals surface area (Å²) in [6.45, 7) is 18.9. The molecule has 0 amide bonds. The van der Waals surface area contributed by atoms with Gasteiger partial charge < -0.3 is 30.0 Å².